The molecule has 0 fully saturated rings. The third-order valence-corrected chi connectivity index (χ3v) is 1.81. The Labute approximate surface area is 75.0 Å². The Morgan fingerprint density at radius 3 is 2.77 bits per heavy atom. The summed E-state index contributed by atoms with van der Waals surface area (Å²) in [6.45, 7) is 0. The first-order valence-electron chi connectivity index (χ1n) is 3.90. The van der Waals surface area contributed by atoms with Crippen molar-refractivity contribution in [2.45, 2.75) is 0 Å². The minimum atomic E-state index is 0.735. The highest BCUT2D eigenvalue weighted by molar-refractivity contribution is 5.82. The number of rotatable bonds is 2. The average molecular weight is 178 g/mol. The summed E-state index contributed by atoms with van der Waals surface area (Å²) in [6, 6.07) is 0. The van der Waals surface area contributed by atoms with Crippen LogP contribution in [0.25, 0.3) is 11.2 Å². The van der Waals surface area contributed by atoms with E-state index in [1.807, 2.05) is 7.05 Å². The molecule has 0 atom stereocenters. The maximum Gasteiger partial charge on any atom is 0.184 e. The van der Waals surface area contributed by atoms with Gasteiger partial charge in [0.15, 0.2) is 17.0 Å². The summed E-state index contributed by atoms with van der Waals surface area (Å²) in [4.78, 5) is 12.3. The first-order valence-corrected chi connectivity index (χ1v) is 3.90. The van der Waals surface area contributed by atoms with Crippen LogP contribution in [0.15, 0.2) is 12.7 Å². The number of nitrogens with one attached hydrogen (secondary N) is 2. The van der Waals surface area contributed by atoms with Gasteiger partial charge in [0, 0.05) is 14.1 Å². The molecule has 2 N–H and O–H groups in total. The van der Waals surface area contributed by atoms with Gasteiger partial charge in [0.25, 0.3) is 0 Å². The number of hydrogen-bond acceptors (Lipinski definition) is 5. The van der Waals surface area contributed by atoms with Crippen molar-refractivity contribution in [3.8, 4) is 0 Å². The summed E-state index contributed by atoms with van der Waals surface area (Å²) in [7, 11) is 3.61. The normalized spacial score (nSPS) is 10.3. The lowest BCUT2D eigenvalue weighted by atomic mass is 10.5. The first-order chi connectivity index (χ1) is 6.36. The van der Waals surface area contributed by atoms with Crippen LogP contribution < -0.4 is 10.7 Å². The van der Waals surface area contributed by atoms with Gasteiger partial charge in [-0.3, -0.25) is 0 Å². The molecule has 2 heterocycles. The van der Waals surface area contributed by atoms with Crippen molar-refractivity contribution >= 4 is 17.0 Å². The standard InChI is InChI=1S/C7H10N6/c1-8-6-5-7(11-3-10-6)13(9-2)4-12-5/h3-4,9H,1-2H3,(H,8,10,11). The van der Waals surface area contributed by atoms with Crippen molar-refractivity contribution in [1.29, 1.82) is 0 Å². The van der Waals surface area contributed by atoms with Crippen LogP contribution in [0.3, 0.4) is 0 Å². The smallest absolute Gasteiger partial charge is 0.184 e. The van der Waals surface area contributed by atoms with Gasteiger partial charge in [-0.15, -0.1) is 0 Å². The van der Waals surface area contributed by atoms with Crippen molar-refractivity contribution in [3.63, 3.8) is 0 Å². The van der Waals surface area contributed by atoms with E-state index in [0.717, 1.165) is 17.0 Å². The summed E-state index contributed by atoms with van der Waals surface area (Å²) < 4.78 is 1.73. The molecule has 0 aliphatic carbocycles. The predicted molar refractivity (Wildman–Crippen MR) is 50.2 cm³/mol. The number of anilines is 1. The number of fused-ring (bicyclic) bond motifs is 1. The molecule has 0 aliphatic rings. The van der Waals surface area contributed by atoms with E-state index in [0.29, 0.717) is 0 Å². The van der Waals surface area contributed by atoms with Crippen LogP contribution in [0.1, 0.15) is 0 Å². The molecule has 2 aromatic rings. The van der Waals surface area contributed by atoms with Crippen LogP contribution >= 0.6 is 0 Å². The monoisotopic (exact) mass is 178 g/mol. The highest BCUT2D eigenvalue weighted by Gasteiger charge is 2.06. The lowest BCUT2D eigenvalue weighted by molar-refractivity contribution is 0.937. The van der Waals surface area contributed by atoms with Crippen molar-refractivity contribution in [3.05, 3.63) is 12.7 Å². The van der Waals surface area contributed by atoms with Gasteiger partial charge < -0.3 is 10.7 Å². The van der Waals surface area contributed by atoms with Crippen LogP contribution in [-0.2, 0) is 0 Å². The lowest BCUT2D eigenvalue weighted by Crippen LogP contribution is -2.07. The zero-order valence-corrected chi connectivity index (χ0v) is 7.44. The molecule has 0 unspecified atom stereocenters. The second-order valence-corrected chi connectivity index (χ2v) is 2.48. The van der Waals surface area contributed by atoms with Crippen LogP contribution in [0.2, 0.25) is 0 Å². The molecule has 0 radical (unpaired) electrons. The molecule has 6 nitrogen and oxygen atoms in total. The van der Waals surface area contributed by atoms with E-state index in [-0.39, 0.29) is 0 Å². The third kappa shape index (κ3) is 1.07. The molecule has 0 spiro atoms. The van der Waals surface area contributed by atoms with E-state index in [4.69, 9.17) is 0 Å². The Kier molecular flexibility index (Phi) is 1.73. The molecule has 0 bridgehead atoms. The number of imidazole rings is 1. The van der Waals surface area contributed by atoms with E-state index < -0.39 is 0 Å². The summed E-state index contributed by atoms with van der Waals surface area (Å²) in [6.07, 6.45) is 3.17. The van der Waals surface area contributed by atoms with Crippen molar-refractivity contribution in [2.75, 3.05) is 24.8 Å². The molecule has 0 aliphatic heterocycles. The SMILES string of the molecule is CNc1ncnc2c1ncn2NC. The third-order valence-electron chi connectivity index (χ3n) is 1.81. The summed E-state index contributed by atoms with van der Waals surface area (Å²) >= 11 is 0. The summed E-state index contributed by atoms with van der Waals surface area (Å²) in [5, 5.41) is 2.95. The fourth-order valence-corrected chi connectivity index (χ4v) is 1.18. The second-order valence-electron chi connectivity index (χ2n) is 2.48. The number of hydrogen-bond donors (Lipinski definition) is 2. The molecule has 6 heteroatoms. The van der Waals surface area contributed by atoms with Crippen LogP contribution in [0, 0.1) is 0 Å². The molecular weight excluding hydrogens is 168 g/mol. The summed E-state index contributed by atoms with van der Waals surface area (Å²) in [5.41, 5.74) is 4.47. The van der Waals surface area contributed by atoms with Gasteiger partial charge in [0.05, 0.1) is 0 Å². The van der Waals surface area contributed by atoms with Crippen molar-refractivity contribution in [1.82, 2.24) is 19.6 Å². The van der Waals surface area contributed by atoms with Gasteiger partial charge in [-0.1, -0.05) is 0 Å². The van der Waals surface area contributed by atoms with Gasteiger partial charge in [-0.25, -0.2) is 19.6 Å². The molecule has 68 valence electrons. The Balaban J connectivity index is 2.72. The van der Waals surface area contributed by atoms with E-state index in [2.05, 4.69) is 25.7 Å². The Morgan fingerprint density at radius 1 is 1.23 bits per heavy atom. The average Bonchev–Trinajstić information content (AvgIpc) is 2.60. The van der Waals surface area contributed by atoms with Crippen LogP contribution in [0.4, 0.5) is 5.82 Å². The molecule has 0 saturated carbocycles. The van der Waals surface area contributed by atoms with Gasteiger partial charge in [-0.2, -0.15) is 0 Å². The first kappa shape index (κ1) is 7.78. The van der Waals surface area contributed by atoms with Crippen LogP contribution in [0.5, 0.6) is 0 Å². The Bertz CT molecular complexity index is 420. The highest BCUT2D eigenvalue weighted by atomic mass is 15.4. The second kappa shape index (κ2) is 2.89. The van der Waals surface area contributed by atoms with Crippen LogP contribution in [-0.4, -0.2) is 33.7 Å². The molecule has 2 rings (SSSR count). The van der Waals surface area contributed by atoms with E-state index >= 15 is 0 Å². The van der Waals surface area contributed by atoms with E-state index in [1.165, 1.54) is 6.33 Å². The van der Waals surface area contributed by atoms with Gasteiger partial charge in [0.2, 0.25) is 0 Å². The molecule has 2 aromatic heterocycles. The molecule has 0 saturated heterocycles. The fourth-order valence-electron chi connectivity index (χ4n) is 1.18. The largest absolute Gasteiger partial charge is 0.371 e. The minimum absolute atomic E-state index is 0.735. The number of aromatic nitrogens is 4. The Morgan fingerprint density at radius 2 is 2.08 bits per heavy atom. The topological polar surface area (TPSA) is 67.7 Å². The zero-order valence-electron chi connectivity index (χ0n) is 7.44. The maximum absolute atomic E-state index is 4.17. The quantitative estimate of drug-likeness (QED) is 0.679. The van der Waals surface area contributed by atoms with Crippen molar-refractivity contribution in [2.24, 2.45) is 0 Å². The van der Waals surface area contributed by atoms with Crippen molar-refractivity contribution < 1.29 is 0 Å². The molecule has 0 aromatic carbocycles. The predicted octanol–water partition coefficient (Wildman–Crippen LogP) is 0.0413. The molecule has 13 heavy (non-hydrogen) atoms. The molecule has 0 amide bonds. The maximum atomic E-state index is 4.17. The van der Waals surface area contributed by atoms with Gasteiger partial charge in [-0.05, 0) is 0 Å². The number of nitrogens with zero attached hydrogens (tertiary/aromatic N) is 4. The lowest BCUT2D eigenvalue weighted by Gasteiger charge is -2.01. The highest BCUT2D eigenvalue weighted by Crippen LogP contribution is 2.14. The Hall–Kier alpha value is -1.85. The van der Waals surface area contributed by atoms with Gasteiger partial charge >= 0.3 is 0 Å². The van der Waals surface area contributed by atoms with Gasteiger partial charge in [0.1, 0.15) is 12.7 Å². The van der Waals surface area contributed by atoms with E-state index in [9.17, 15) is 0 Å². The zero-order chi connectivity index (χ0) is 9.26. The van der Waals surface area contributed by atoms with E-state index in [1.54, 1.807) is 18.1 Å². The summed E-state index contributed by atoms with van der Waals surface area (Å²) in [5.74, 6) is 0.735. The fraction of sp³-hybridized carbons (Fsp3) is 0.286. The molecular formula is C7H10N6. The minimum Gasteiger partial charge on any atom is -0.371 e.